The van der Waals surface area contributed by atoms with Gasteiger partial charge in [0.25, 0.3) is 5.91 Å². The van der Waals surface area contributed by atoms with Gasteiger partial charge in [-0.15, -0.1) is 0 Å². The third-order valence-corrected chi connectivity index (χ3v) is 3.92. The molecule has 2 unspecified atom stereocenters. The Labute approximate surface area is 142 Å². The maximum absolute atomic E-state index is 12.3. The lowest BCUT2D eigenvalue weighted by atomic mass is 10.0. The number of halogens is 1. The Bertz CT molecular complexity index is 630. The highest BCUT2D eigenvalue weighted by Gasteiger charge is 2.19. The van der Waals surface area contributed by atoms with Gasteiger partial charge in [0, 0.05) is 11.6 Å². The lowest BCUT2D eigenvalue weighted by Gasteiger charge is -2.19. The number of hydrogen-bond acceptors (Lipinski definition) is 2. The average Bonchev–Trinajstić information content (AvgIpc) is 2.58. The molecule has 0 saturated heterocycles. The van der Waals surface area contributed by atoms with Crippen LogP contribution in [0.5, 0.6) is 5.75 Å². The van der Waals surface area contributed by atoms with Crippen molar-refractivity contribution in [3.05, 3.63) is 65.2 Å². The molecule has 4 heteroatoms. The molecule has 2 rings (SSSR count). The Balaban J connectivity index is 1.90. The second kappa shape index (κ2) is 8.59. The van der Waals surface area contributed by atoms with Crippen molar-refractivity contribution in [3.8, 4) is 5.75 Å². The van der Waals surface area contributed by atoms with Crippen molar-refractivity contribution >= 4 is 17.5 Å². The van der Waals surface area contributed by atoms with Crippen LogP contribution in [0.2, 0.25) is 5.02 Å². The lowest BCUT2D eigenvalue weighted by Crippen LogP contribution is -2.39. The Hall–Kier alpha value is -2.00. The summed E-state index contributed by atoms with van der Waals surface area (Å²) in [5.74, 6) is 0.759. The van der Waals surface area contributed by atoms with E-state index in [1.54, 1.807) is 24.3 Å². The van der Waals surface area contributed by atoms with E-state index in [1.807, 2.05) is 25.1 Å². The predicted molar refractivity (Wildman–Crippen MR) is 94.0 cm³/mol. The van der Waals surface area contributed by atoms with Gasteiger partial charge in [-0.05, 0) is 36.1 Å². The summed E-state index contributed by atoms with van der Waals surface area (Å²) in [6, 6.07) is 17.2. The molecular formula is C19H22ClNO2. The highest BCUT2D eigenvalue weighted by Crippen LogP contribution is 2.19. The predicted octanol–water partition coefficient (Wildman–Crippen LogP) is 4.42. The van der Waals surface area contributed by atoms with E-state index in [9.17, 15) is 4.79 Å². The quantitative estimate of drug-likeness (QED) is 0.815. The van der Waals surface area contributed by atoms with E-state index >= 15 is 0 Å². The number of hydrogen-bond donors (Lipinski definition) is 1. The van der Waals surface area contributed by atoms with Crippen molar-refractivity contribution in [2.24, 2.45) is 0 Å². The molecule has 0 aliphatic heterocycles. The lowest BCUT2D eigenvalue weighted by molar-refractivity contribution is -0.128. The first kappa shape index (κ1) is 17.4. The summed E-state index contributed by atoms with van der Waals surface area (Å²) >= 11 is 5.94. The third kappa shape index (κ3) is 5.29. The maximum Gasteiger partial charge on any atom is 0.261 e. The summed E-state index contributed by atoms with van der Waals surface area (Å²) in [5, 5.41) is 3.56. The minimum absolute atomic E-state index is 0.102. The molecule has 1 N–H and O–H groups in total. The fraction of sp³-hybridized carbons (Fsp3) is 0.316. The summed E-state index contributed by atoms with van der Waals surface area (Å²) in [6.07, 6.45) is 0.0781. The number of nitrogens with one attached hydrogen (secondary N) is 1. The second-order valence-corrected chi connectivity index (χ2v) is 5.97. The van der Waals surface area contributed by atoms with Gasteiger partial charge in [0.1, 0.15) is 5.75 Å². The van der Waals surface area contributed by atoms with E-state index < -0.39 is 6.10 Å². The summed E-state index contributed by atoms with van der Waals surface area (Å²) in [6.45, 7) is 4.60. The standard InChI is InChI=1S/C19H22ClNO2/c1-3-18(23-17-11-7-10-16(20)12-17)19(22)21-13-14(2)15-8-5-4-6-9-15/h4-12,14,18H,3,13H2,1-2H3,(H,21,22). The monoisotopic (exact) mass is 331 g/mol. The van der Waals surface area contributed by atoms with Crippen LogP contribution in [-0.4, -0.2) is 18.6 Å². The van der Waals surface area contributed by atoms with Gasteiger partial charge in [0.2, 0.25) is 0 Å². The second-order valence-electron chi connectivity index (χ2n) is 5.53. The molecule has 0 aliphatic rings. The van der Waals surface area contributed by atoms with Crippen molar-refractivity contribution in [2.45, 2.75) is 32.3 Å². The first-order valence-corrected chi connectivity index (χ1v) is 8.22. The first-order chi connectivity index (χ1) is 11.1. The summed E-state index contributed by atoms with van der Waals surface area (Å²) in [4.78, 5) is 12.3. The Morgan fingerprint density at radius 2 is 1.91 bits per heavy atom. The highest BCUT2D eigenvalue weighted by molar-refractivity contribution is 6.30. The Morgan fingerprint density at radius 1 is 1.17 bits per heavy atom. The van der Waals surface area contributed by atoms with E-state index in [-0.39, 0.29) is 11.8 Å². The molecule has 2 aromatic carbocycles. The summed E-state index contributed by atoms with van der Waals surface area (Å²) in [5.41, 5.74) is 1.21. The van der Waals surface area contributed by atoms with Crippen molar-refractivity contribution in [2.75, 3.05) is 6.54 Å². The van der Waals surface area contributed by atoms with Gasteiger partial charge in [0.05, 0.1) is 0 Å². The molecule has 0 aromatic heterocycles. The van der Waals surface area contributed by atoms with Crippen LogP contribution < -0.4 is 10.1 Å². The zero-order valence-corrected chi connectivity index (χ0v) is 14.2. The number of carbonyl (C=O) groups excluding carboxylic acids is 1. The van der Waals surface area contributed by atoms with Crippen molar-refractivity contribution in [1.29, 1.82) is 0 Å². The SMILES string of the molecule is CCC(Oc1cccc(Cl)c1)C(=O)NCC(C)c1ccccc1. The van der Waals surface area contributed by atoms with Crippen molar-refractivity contribution in [1.82, 2.24) is 5.32 Å². The Kier molecular flexibility index (Phi) is 6.48. The molecule has 0 bridgehead atoms. The molecule has 0 radical (unpaired) electrons. The smallest absolute Gasteiger partial charge is 0.261 e. The molecule has 23 heavy (non-hydrogen) atoms. The van der Waals surface area contributed by atoms with Crippen LogP contribution in [0, 0.1) is 0 Å². The highest BCUT2D eigenvalue weighted by atomic mass is 35.5. The molecule has 0 saturated carbocycles. The molecule has 3 nitrogen and oxygen atoms in total. The summed E-state index contributed by atoms with van der Waals surface area (Å²) < 4.78 is 5.75. The Morgan fingerprint density at radius 3 is 2.57 bits per heavy atom. The molecule has 0 spiro atoms. The topological polar surface area (TPSA) is 38.3 Å². The van der Waals surface area contributed by atoms with Gasteiger partial charge in [-0.3, -0.25) is 4.79 Å². The van der Waals surface area contributed by atoms with Gasteiger partial charge in [-0.1, -0.05) is 61.8 Å². The number of carbonyl (C=O) groups is 1. The molecule has 2 atom stereocenters. The van der Waals surface area contributed by atoms with Gasteiger partial charge < -0.3 is 10.1 Å². The van der Waals surface area contributed by atoms with Crippen LogP contribution in [0.3, 0.4) is 0 Å². The van der Waals surface area contributed by atoms with Crippen LogP contribution in [-0.2, 0) is 4.79 Å². The molecule has 1 amide bonds. The van der Waals surface area contributed by atoms with Crippen molar-refractivity contribution < 1.29 is 9.53 Å². The van der Waals surface area contributed by atoms with E-state index in [4.69, 9.17) is 16.3 Å². The fourth-order valence-electron chi connectivity index (χ4n) is 2.29. The summed E-state index contributed by atoms with van der Waals surface area (Å²) in [7, 11) is 0. The molecule has 0 heterocycles. The number of ether oxygens (including phenoxy) is 1. The van der Waals surface area contributed by atoms with Gasteiger partial charge in [-0.2, -0.15) is 0 Å². The van der Waals surface area contributed by atoms with Gasteiger partial charge in [0.15, 0.2) is 6.10 Å². The van der Waals surface area contributed by atoms with Gasteiger partial charge in [-0.25, -0.2) is 0 Å². The molecule has 0 fully saturated rings. The van der Waals surface area contributed by atoms with Crippen LogP contribution in [0.4, 0.5) is 0 Å². The van der Waals surface area contributed by atoms with Crippen molar-refractivity contribution in [3.63, 3.8) is 0 Å². The third-order valence-electron chi connectivity index (χ3n) is 3.69. The van der Waals surface area contributed by atoms with E-state index in [0.29, 0.717) is 23.7 Å². The first-order valence-electron chi connectivity index (χ1n) is 7.85. The molecular weight excluding hydrogens is 310 g/mol. The fourth-order valence-corrected chi connectivity index (χ4v) is 2.47. The minimum atomic E-state index is -0.517. The largest absolute Gasteiger partial charge is 0.481 e. The van der Waals surface area contributed by atoms with Crippen LogP contribution in [0.15, 0.2) is 54.6 Å². The van der Waals surface area contributed by atoms with E-state index in [1.165, 1.54) is 5.56 Å². The zero-order chi connectivity index (χ0) is 16.7. The molecule has 122 valence electrons. The number of rotatable bonds is 7. The van der Waals surface area contributed by atoms with E-state index in [0.717, 1.165) is 0 Å². The zero-order valence-electron chi connectivity index (χ0n) is 13.5. The average molecular weight is 332 g/mol. The maximum atomic E-state index is 12.3. The van der Waals surface area contributed by atoms with E-state index in [2.05, 4.69) is 24.4 Å². The minimum Gasteiger partial charge on any atom is -0.481 e. The molecule has 0 aliphatic carbocycles. The van der Waals surface area contributed by atoms with Crippen LogP contribution in [0.25, 0.3) is 0 Å². The number of amides is 1. The van der Waals surface area contributed by atoms with Gasteiger partial charge >= 0.3 is 0 Å². The normalized spacial score (nSPS) is 13.2. The number of benzene rings is 2. The molecule has 2 aromatic rings. The van der Waals surface area contributed by atoms with Crippen LogP contribution >= 0.6 is 11.6 Å². The van der Waals surface area contributed by atoms with Crippen LogP contribution in [0.1, 0.15) is 31.7 Å².